The lowest BCUT2D eigenvalue weighted by Gasteiger charge is -2.39. The van der Waals surface area contributed by atoms with Crippen molar-refractivity contribution in [2.75, 3.05) is 25.5 Å². The Morgan fingerprint density at radius 2 is 1.96 bits per heavy atom. The first-order valence-corrected chi connectivity index (χ1v) is 8.26. The molecule has 1 fully saturated rings. The third-order valence-corrected chi connectivity index (χ3v) is 4.51. The van der Waals surface area contributed by atoms with Crippen molar-refractivity contribution in [2.24, 2.45) is 0 Å². The van der Waals surface area contributed by atoms with Crippen LogP contribution in [0, 0.1) is 11.3 Å². The molecule has 23 heavy (non-hydrogen) atoms. The third kappa shape index (κ3) is 4.16. The number of hydrogen-bond donors (Lipinski definition) is 1. The van der Waals surface area contributed by atoms with E-state index in [9.17, 15) is 10.1 Å². The molecule has 0 radical (unpaired) electrons. The zero-order valence-corrected chi connectivity index (χ0v) is 14.0. The van der Waals surface area contributed by atoms with Crippen molar-refractivity contribution < 1.29 is 9.53 Å². The lowest BCUT2D eigenvalue weighted by molar-refractivity contribution is -0.132. The van der Waals surface area contributed by atoms with Crippen molar-refractivity contribution in [3.63, 3.8) is 0 Å². The molecule has 0 bridgehead atoms. The summed E-state index contributed by atoms with van der Waals surface area (Å²) in [6.45, 7) is 2.76. The number of amides is 1. The van der Waals surface area contributed by atoms with Gasteiger partial charge in [-0.25, -0.2) is 0 Å². The molecule has 5 nitrogen and oxygen atoms in total. The van der Waals surface area contributed by atoms with E-state index >= 15 is 0 Å². The molecule has 1 amide bonds. The van der Waals surface area contributed by atoms with Gasteiger partial charge in [-0.3, -0.25) is 4.79 Å². The second-order valence-corrected chi connectivity index (χ2v) is 5.97. The molecule has 124 valence electrons. The summed E-state index contributed by atoms with van der Waals surface area (Å²) in [6, 6.07) is 9.90. The van der Waals surface area contributed by atoms with Crippen LogP contribution < -0.4 is 10.1 Å². The summed E-state index contributed by atoms with van der Waals surface area (Å²) in [6.07, 6.45) is 4.72. The lowest BCUT2D eigenvalue weighted by Crippen LogP contribution is -2.51. The monoisotopic (exact) mass is 315 g/mol. The summed E-state index contributed by atoms with van der Waals surface area (Å²) in [5.74, 6) is 0.759. The first kappa shape index (κ1) is 17.1. The van der Waals surface area contributed by atoms with Gasteiger partial charge in [0.15, 0.2) is 0 Å². The van der Waals surface area contributed by atoms with Crippen LogP contribution in [0.5, 0.6) is 5.75 Å². The van der Waals surface area contributed by atoms with Crippen LogP contribution in [0.3, 0.4) is 0 Å². The topological polar surface area (TPSA) is 65.4 Å². The number of hydrogen-bond acceptors (Lipinski definition) is 4. The van der Waals surface area contributed by atoms with E-state index in [2.05, 4.69) is 11.4 Å². The molecule has 1 aromatic rings. The van der Waals surface area contributed by atoms with Gasteiger partial charge in [0.1, 0.15) is 11.3 Å². The van der Waals surface area contributed by atoms with Gasteiger partial charge in [0.05, 0.1) is 19.2 Å². The number of anilines is 1. The van der Waals surface area contributed by atoms with E-state index in [1.165, 1.54) is 0 Å². The predicted molar refractivity (Wildman–Crippen MR) is 90.3 cm³/mol. The number of nitriles is 1. The Morgan fingerprint density at radius 3 is 2.52 bits per heavy atom. The lowest BCUT2D eigenvalue weighted by atomic mass is 9.81. The summed E-state index contributed by atoms with van der Waals surface area (Å²) >= 11 is 0. The predicted octanol–water partition coefficient (Wildman–Crippen LogP) is 3.18. The smallest absolute Gasteiger partial charge is 0.242 e. The molecule has 0 heterocycles. The number of carbonyl (C=O) groups excluding carboxylic acids is 1. The molecule has 1 saturated carbocycles. The van der Waals surface area contributed by atoms with E-state index < -0.39 is 5.54 Å². The van der Waals surface area contributed by atoms with Crippen LogP contribution in [-0.2, 0) is 4.79 Å². The van der Waals surface area contributed by atoms with Crippen LogP contribution in [0.15, 0.2) is 24.3 Å². The van der Waals surface area contributed by atoms with Crippen LogP contribution >= 0.6 is 0 Å². The van der Waals surface area contributed by atoms with Gasteiger partial charge in [0.2, 0.25) is 5.91 Å². The standard InChI is InChI=1S/C18H25N3O2/c1-3-23-16-9-7-15(8-10-16)20-13-17(22)21(2)18(14-19)11-5-4-6-12-18/h7-10,20H,3-6,11-13H2,1-2H3. The summed E-state index contributed by atoms with van der Waals surface area (Å²) in [7, 11) is 1.75. The van der Waals surface area contributed by atoms with Gasteiger partial charge < -0.3 is 15.0 Å². The Morgan fingerprint density at radius 1 is 1.30 bits per heavy atom. The fourth-order valence-electron chi connectivity index (χ4n) is 3.03. The molecule has 2 rings (SSSR count). The molecule has 1 aliphatic carbocycles. The summed E-state index contributed by atoms with van der Waals surface area (Å²) in [5, 5.41) is 12.7. The highest BCUT2D eigenvalue weighted by Gasteiger charge is 2.38. The minimum absolute atomic E-state index is 0.0534. The van der Waals surface area contributed by atoms with Crippen molar-refractivity contribution >= 4 is 11.6 Å². The minimum Gasteiger partial charge on any atom is -0.494 e. The zero-order chi connectivity index (χ0) is 16.7. The third-order valence-electron chi connectivity index (χ3n) is 4.51. The van der Waals surface area contributed by atoms with Crippen molar-refractivity contribution in [1.29, 1.82) is 5.26 Å². The number of carbonyl (C=O) groups is 1. The molecule has 5 heteroatoms. The highest BCUT2D eigenvalue weighted by molar-refractivity contribution is 5.81. The van der Waals surface area contributed by atoms with Gasteiger partial charge in [-0.2, -0.15) is 5.26 Å². The molecule has 0 spiro atoms. The van der Waals surface area contributed by atoms with E-state index in [0.29, 0.717) is 6.61 Å². The second-order valence-electron chi connectivity index (χ2n) is 5.97. The van der Waals surface area contributed by atoms with E-state index in [-0.39, 0.29) is 12.5 Å². The number of rotatable bonds is 6. The fourth-order valence-corrected chi connectivity index (χ4v) is 3.03. The van der Waals surface area contributed by atoms with Gasteiger partial charge >= 0.3 is 0 Å². The Hall–Kier alpha value is -2.22. The van der Waals surface area contributed by atoms with Crippen molar-refractivity contribution in [3.8, 4) is 11.8 Å². The van der Waals surface area contributed by atoms with Gasteiger partial charge in [-0.15, -0.1) is 0 Å². The van der Waals surface area contributed by atoms with Gasteiger partial charge in [0, 0.05) is 12.7 Å². The number of nitrogens with zero attached hydrogens (tertiary/aromatic N) is 2. The Bertz CT molecular complexity index is 557. The van der Waals surface area contributed by atoms with Crippen molar-refractivity contribution in [2.45, 2.75) is 44.6 Å². The van der Waals surface area contributed by atoms with E-state index in [1.54, 1.807) is 11.9 Å². The Labute approximate surface area is 138 Å². The van der Waals surface area contributed by atoms with Crippen LogP contribution in [0.2, 0.25) is 0 Å². The Balaban J connectivity index is 1.92. The summed E-state index contributed by atoms with van der Waals surface area (Å²) in [4.78, 5) is 14.1. The molecular formula is C18H25N3O2. The summed E-state index contributed by atoms with van der Waals surface area (Å²) in [5.41, 5.74) is 0.236. The SMILES string of the molecule is CCOc1ccc(NCC(=O)N(C)C2(C#N)CCCCC2)cc1. The molecule has 0 atom stereocenters. The van der Waals surface area contributed by atoms with Gasteiger partial charge in [0.25, 0.3) is 0 Å². The second kappa shape index (κ2) is 7.87. The van der Waals surface area contributed by atoms with Crippen LogP contribution in [0.25, 0.3) is 0 Å². The van der Waals surface area contributed by atoms with E-state index in [4.69, 9.17) is 4.74 Å². The molecule has 0 aromatic heterocycles. The van der Waals surface area contributed by atoms with Gasteiger partial charge in [-0.05, 0) is 44.0 Å². The normalized spacial score (nSPS) is 16.2. The molecule has 0 aliphatic heterocycles. The first-order chi connectivity index (χ1) is 11.1. The maximum absolute atomic E-state index is 12.4. The molecule has 1 aliphatic rings. The zero-order valence-electron chi connectivity index (χ0n) is 14.0. The van der Waals surface area contributed by atoms with Gasteiger partial charge in [-0.1, -0.05) is 19.3 Å². The fraction of sp³-hybridized carbons (Fsp3) is 0.556. The first-order valence-electron chi connectivity index (χ1n) is 8.26. The van der Waals surface area contributed by atoms with Crippen LogP contribution in [-0.4, -0.2) is 36.5 Å². The average Bonchev–Trinajstić information content (AvgIpc) is 2.61. The molecule has 0 unspecified atom stereocenters. The minimum atomic E-state index is -0.629. The van der Waals surface area contributed by atoms with Crippen LogP contribution in [0.1, 0.15) is 39.0 Å². The number of nitrogens with one attached hydrogen (secondary N) is 1. The summed E-state index contributed by atoms with van der Waals surface area (Å²) < 4.78 is 5.39. The maximum Gasteiger partial charge on any atom is 0.242 e. The number of likely N-dealkylation sites (N-methyl/N-ethyl adjacent to an activating group) is 1. The highest BCUT2D eigenvalue weighted by Crippen LogP contribution is 2.32. The average molecular weight is 315 g/mol. The van der Waals surface area contributed by atoms with Crippen molar-refractivity contribution in [3.05, 3.63) is 24.3 Å². The number of ether oxygens (including phenoxy) is 1. The molecule has 1 aromatic carbocycles. The number of benzene rings is 1. The van der Waals surface area contributed by atoms with E-state index in [0.717, 1.165) is 43.5 Å². The van der Waals surface area contributed by atoms with Crippen LogP contribution in [0.4, 0.5) is 5.69 Å². The van der Waals surface area contributed by atoms with E-state index in [1.807, 2.05) is 31.2 Å². The molecule has 1 N–H and O–H groups in total. The molecule has 0 saturated heterocycles. The maximum atomic E-state index is 12.4. The highest BCUT2D eigenvalue weighted by atomic mass is 16.5. The largest absolute Gasteiger partial charge is 0.494 e. The molecular weight excluding hydrogens is 290 g/mol. The Kier molecular flexibility index (Phi) is 5.86. The van der Waals surface area contributed by atoms with Crippen molar-refractivity contribution in [1.82, 2.24) is 4.90 Å². The quantitative estimate of drug-likeness (QED) is 0.875.